The van der Waals surface area contributed by atoms with E-state index in [1.165, 1.54) is 5.56 Å². The van der Waals surface area contributed by atoms with E-state index in [0.717, 1.165) is 24.3 Å². The van der Waals surface area contributed by atoms with E-state index in [1.54, 1.807) is 0 Å². The summed E-state index contributed by atoms with van der Waals surface area (Å²) in [6.45, 7) is 9.53. The van der Waals surface area contributed by atoms with Crippen LogP contribution in [-0.2, 0) is 16.4 Å². The zero-order valence-corrected chi connectivity index (χ0v) is 16.9. The topological polar surface area (TPSA) is 49.3 Å². The molecular weight excluding hydrogens is 342 g/mol. The van der Waals surface area contributed by atoms with Crippen LogP contribution in [0.3, 0.4) is 0 Å². The molecule has 0 saturated heterocycles. The quantitative estimate of drug-likeness (QED) is 0.781. The van der Waals surface area contributed by atoms with Gasteiger partial charge in [0.15, 0.2) is 0 Å². The minimum absolute atomic E-state index is 0.0486. The van der Waals surface area contributed by atoms with Crippen molar-refractivity contribution in [3.8, 4) is 0 Å². The highest BCUT2D eigenvalue weighted by Gasteiger charge is 2.48. The van der Waals surface area contributed by atoms with Crippen molar-refractivity contribution in [1.82, 2.24) is 4.72 Å². The lowest BCUT2D eigenvalue weighted by molar-refractivity contribution is 0.0375. The predicted molar refractivity (Wildman–Crippen MR) is 103 cm³/mol. The van der Waals surface area contributed by atoms with Crippen molar-refractivity contribution < 1.29 is 9.32 Å². The largest absolute Gasteiger partial charge is 0.390 e. The molecule has 1 aliphatic rings. The Labute approximate surface area is 153 Å². The Kier molecular flexibility index (Phi) is 5.86. The minimum Gasteiger partial charge on any atom is -0.390 e. The van der Waals surface area contributed by atoms with Crippen LogP contribution >= 0.6 is 11.6 Å². The molecule has 24 heavy (non-hydrogen) atoms. The van der Waals surface area contributed by atoms with E-state index in [1.807, 2.05) is 46.8 Å². The van der Waals surface area contributed by atoms with Gasteiger partial charge in [0.25, 0.3) is 0 Å². The van der Waals surface area contributed by atoms with Crippen LogP contribution in [-0.4, -0.2) is 25.7 Å². The molecule has 3 nitrogen and oxygen atoms in total. The molecule has 0 amide bonds. The maximum Gasteiger partial charge on any atom is 0.0973 e. The summed E-state index contributed by atoms with van der Waals surface area (Å²) in [7, 11) is -1.18. The van der Waals surface area contributed by atoms with Gasteiger partial charge in [-0.1, -0.05) is 30.2 Å². The van der Waals surface area contributed by atoms with Crippen molar-refractivity contribution in [1.29, 1.82) is 0 Å². The van der Waals surface area contributed by atoms with Crippen molar-refractivity contribution >= 4 is 22.6 Å². The second-order valence-electron chi connectivity index (χ2n) is 8.58. The first-order chi connectivity index (χ1) is 10.9. The lowest BCUT2D eigenvalue weighted by atomic mass is 9.59. The molecule has 0 radical (unpaired) electrons. The number of benzene rings is 1. The first-order valence-electron chi connectivity index (χ1n) is 8.61. The van der Waals surface area contributed by atoms with Crippen LogP contribution in [0.15, 0.2) is 24.3 Å². The minimum atomic E-state index is -1.18. The van der Waals surface area contributed by atoms with Gasteiger partial charge in [0.05, 0.1) is 21.3 Å². The Morgan fingerprint density at radius 3 is 2.12 bits per heavy atom. The van der Waals surface area contributed by atoms with Crippen LogP contribution < -0.4 is 4.72 Å². The molecule has 1 aliphatic carbocycles. The fraction of sp³-hybridized carbons (Fsp3) is 0.684. The molecule has 0 unspecified atom stereocenters. The molecule has 0 spiro atoms. The normalized spacial score (nSPS) is 20.3. The molecule has 0 aromatic heterocycles. The van der Waals surface area contributed by atoms with E-state index >= 15 is 0 Å². The van der Waals surface area contributed by atoms with Gasteiger partial charge in [0.2, 0.25) is 0 Å². The van der Waals surface area contributed by atoms with E-state index in [-0.39, 0.29) is 16.2 Å². The van der Waals surface area contributed by atoms with Gasteiger partial charge in [-0.2, -0.15) is 0 Å². The molecule has 5 heteroatoms. The highest BCUT2D eigenvalue weighted by Crippen LogP contribution is 2.48. The number of aliphatic hydroxyl groups is 1. The van der Waals surface area contributed by atoms with Crippen LogP contribution in [0.2, 0.25) is 5.02 Å². The molecule has 2 atom stereocenters. The van der Waals surface area contributed by atoms with Crippen LogP contribution in [0, 0.1) is 0 Å². The van der Waals surface area contributed by atoms with Gasteiger partial charge in [-0.05, 0) is 71.6 Å². The Bertz CT molecular complexity index is 583. The average Bonchev–Trinajstić information content (AvgIpc) is 2.36. The lowest BCUT2D eigenvalue weighted by Gasteiger charge is -2.50. The average molecular weight is 372 g/mol. The highest BCUT2D eigenvalue weighted by molar-refractivity contribution is 7.84. The molecule has 1 saturated carbocycles. The molecule has 1 fully saturated rings. The molecule has 2 N–H and O–H groups in total. The number of hydrogen-bond donors (Lipinski definition) is 2. The van der Waals surface area contributed by atoms with Crippen LogP contribution in [0.4, 0.5) is 0 Å². The SMILES string of the molecule is CC(C)(O)C[C@@H](N[S@](=O)C(C)(C)C)C1(c2ccc(Cl)cc2)CCC1. The van der Waals surface area contributed by atoms with Crippen molar-refractivity contribution in [3.05, 3.63) is 34.9 Å². The van der Waals surface area contributed by atoms with Gasteiger partial charge >= 0.3 is 0 Å². The van der Waals surface area contributed by atoms with Crippen molar-refractivity contribution in [2.75, 3.05) is 0 Å². The molecule has 0 heterocycles. The molecule has 1 aromatic rings. The maximum absolute atomic E-state index is 12.7. The first-order valence-corrected chi connectivity index (χ1v) is 10.1. The zero-order valence-electron chi connectivity index (χ0n) is 15.4. The highest BCUT2D eigenvalue weighted by atomic mass is 35.5. The Morgan fingerprint density at radius 1 is 1.21 bits per heavy atom. The van der Waals surface area contributed by atoms with Gasteiger partial charge in [-0.15, -0.1) is 0 Å². The van der Waals surface area contributed by atoms with Crippen LogP contribution in [0.25, 0.3) is 0 Å². The summed E-state index contributed by atoms with van der Waals surface area (Å²) in [4.78, 5) is 0. The van der Waals surface area contributed by atoms with E-state index in [4.69, 9.17) is 11.6 Å². The second kappa shape index (κ2) is 7.06. The molecule has 136 valence electrons. The molecular formula is C19H30ClNO2S. The van der Waals surface area contributed by atoms with Gasteiger partial charge in [0.1, 0.15) is 0 Å². The number of hydrogen-bond acceptors (Lipinski definition) is 2. The molecule has 2 rings (SSSR count). The first kappa shape index (κ1) is 19.9. The van der Waals surface area contributed by atoms with Crippen molar-refractivity contribution in [2.24, 2.45) is 0 Å². The maximum atomic E-state index is 12.7. The third kappa shape index (κ3) is 4.60. The van der Waals surface area contributed by atoms with Crippen LogP contribution in [0.1, 0.15) is 65.9 Å². The Morgan fingerprint density at radius 2 is 1.75 bits per heavy atom. The summed E-state index contributed by atoms with van der Waals surface area (Å²) >= 11 is 6.05. The van der Waals surface area contributed by atoms with Gasteiger partial charge in [0, 0.05) is 16.5 Å². The summed E-state index contributed by atoms with van der Waals surface area (Å²) in [5.41, 5.74) is 0.297. The molecule has 0 aliphatic heterocycles. The van der Waals surface area contributed by atoms with E-state index in [0.29, 0.717) is 6.42 Å². The fourth-order valence-electron chi connectivity index (χ4n) is 3.33. The van der Waals surface area contributed by atoms with Crippen LogP contribution in [0.5, 0.6) is 0 Å². The second-order valence-corrected chi connectivity index (χ2v) is 11.0. The van der Waals surface area contributed by atoms with Crippen molar-refractivity contribution in [3.63, 3.8) is 0 Å². The lowest BCUT2D eigenvalue weighted by Crippen LogP contribution is -2.57. The predicted octanol–water partition coefficient (Wildman–Crippen LogP) is 4.34. The van der Waals surface area contributed by atoms with Gasteiger partial charge in [-0.3, -0.25) is 0 Å². The Hall–Kier alpha value is -0.420. The number of rotatable bonds is 6. The smallest absolute Gasteiger partial charge is 0.0973 e. The summed E-state index contributed by atoms with van der Waals surface area (Å²) in [6, 6.07) is 7.92. The van der Waals surface area contributed by atoms with Gasteiger partial charge in [-0.25, -0.2) is 8.93 Å². The zero-order chi connectivity index (χ0) is 18.2. The van der Waals surface area contributed by atoms with Crippen molar-refractivity contribution in [2.45, 2.75) is 82.1 Å². The number of halogens is 1. The van der Waals surface area contributed by atoms with E-state index in [2.05, 4.69) is 16.9 Å². The summed E-state index contributed by atoms with van der Waals surface area (Å²) in [5.74, 6) is 0. The summed E-state index contributed by atoms with van der Waals surface area (Å²) in [6.07, 6.45) is 3.76. The third-order valence-electron chi connectivity index (χ3n) is 4.84. The van der Waals surface area contributed by atoms with E-state index < -0.39 is 16.6 Å². The third-order valence-corrected chi connectivity index (χ3v) is 6.70. The van der Waals surface area contributed by atoms with E-state index in [9.17, 15) is 9.32 Å². The van der Waals surface area contributed by atoms with Gasteiger partial charge < -0.3 is 5.11 Å². The summed E-state index contributed by atoms with van der Waals surface area (Å²) < 4.78 is 15.7. The monoisotopic (exact) mass is 371 g/mol. The number of nitrogens with one attached hydrogen (secondary N) is 1. The molecule has 1 aromatic carbocycles. The fourth-order valence-corrected chi connectivity index (χ4v) is 4.38. The standard InChI is InChI=1S/C19H30ClNO2S/c1-17(2,3)24(23)21-16(13-18(4,5)22)19(11-6-12-19)14-7-9-15(20)10-8-14/h7-10,16,21-22H,6,11-13H2,1-5H3/t16-,24-/m1/s1. The summed E-state index contributed by atoms with van der Waals surface area (Å²) in [5, 5.41) is 11.1. The molecule has 0 bridgehead atoms. The Balaban J connectivity index is 2.36.